The van der Waals surface area contributed by atoms with Crippen molar-refractivity contribution in [3.05, 3.63) is 66.2 Å². The first-order chi connectivity index (χ1) is 13.7. The summed E-state index contributed by atoms with van der Waals surface area (Å²) in [6.07, 6.45) is 3.60. The van der Waals surface area contributed by atoms with Gasteiger partial charge in [-0.2, -0.15) is 10.2 Å². The predicted octanol–water partition coefficient (Wildman–Crippen LogP) is 2.81. The Balaban J connectivity index is 1.51. The number of aromatic amines is 1. The molecular formula is C20H20FN5O2. The molecule has 7 nitrogen and oxygen atoms in total. The average Bonchev–Trinajstić information content (AvgIpc) is 3.37. The van der Waals surface area contributed by atoms with E-state index < -0.39 is 0 Å². The van der Waals surface area contributed by atoms with Crippen LogP contribution < -0.4 is 9.75 Å². The molecule has 1 aliphatic rings. The zero-order chi connectivity index (χ0) is 19.5. The van der Waals surface area contributed by atoms with E-state index in [1.165, 1.54) is 19.2 Å². The number of nitrogens with zero attached hydrogens (tertiary/aromatic N) is 4. The zero-order valence-corrected chi connectivity index (χ0v) is 15.3. The summed E-state index contributed by atoms with van der Waals surface area (Å²) in [6.45, 7) is 0.674. The lowest BCUT2D eigenvalue weighted by Gasteiger charge is -2.21. The highest BCUT2D eigenvalue weighted by Gasteiger charge is 2.24. The fourth-order valence-corrected chi connectivity index (χ4v) is 3.17. The number of benzene rings is 2. The summed E-state index contributed by atoms with van der Waals surface area (Å²) < 4.78 is 18.9. The molecule has 3 aromatic rings. The number of hydrogen-bond acceptors (Lipinski definition) is 6. The van der Waals surface area contributed by atoms with Gasteiger partial charge in [-0.3, -0.25) is 5.10 Å². The Hall–Kier alpha value is -3.39. The Morgan fingerprint density at radius 1 is 1.18 bits per heavy atom. The number of methoxy groups -OCH3 is 1. The number of hydrogen-bond donors (Lipinski definition) is 2. The van der Waals surface area contributed by atoms with E-state index in [1.54, 1.807) is 17.3 Å². The maximum absolute atomic E-state index is 13.8. The van der Waals surface area contributed by atoms with Crippen molar-refractivity contribution in [2.24, 2.45) is 5.10 Å². The topological polar surface area (TPSA) is 77.0 Å². The highest BCUT2D eigenvalue weighted by Crippen LogP contribution is 2.26. The summed E-state index contributed by atoms with van der Waals surface area (Å²) in [5.74, 6) is 0.633. The molecular weight excluding hydrogens is 361 g/mol. The number of H-pyrrole nitrogens is 1. The van der Waals surface area contributed by atoms with E-state index >= 15 is 0 Å². The zero-order valence-electron chi connectivity index (χ0n) is 15.3. The van der Waals surface area contributed by atoms with Gasteiger partial charge in [-0.25, -0.2) is 9.40 Å². The molecule has 0 fully saturated rings. The number of nitrogens with one attached hydrogen (secondary N) is 1. The minimum Gasteiger partial charge on any atom is -0.497 e. The van der Waals surface area contributed by atoms with Gasteiger partial charge in [0.2, 0.25) is 0 Å². The molecule has 2 N–H and O–H groups in total. The molecule has 28 heavy (non-hydrogen) atoms. The minimum atomic E-state index is -0.359. The number of anilines is 1. The number of halogens is 1. The Bertz CT molecular complexity index is 973. The van der Waals surface area contributed by atoms with E-state index in [0.29, 0.717) is 24.8 Å². The van der Waals surface area contributed by atoms with Gasteiger partial charge in [-0.15, -0.1) is 0 Å². The van der Waals surface area contributed by atoms with Crippen molar-refractivity contribution >= 4 is 11.5 Å². The number of amidine groups is 1. The molecule has 2 heterocycles. The first kappa shape index (κ1) is 18.0. The van der Waals surface area contributed by atoms with E-state index in [2.05, 4.69) is 15.3 Å². The SMILES string of the molecule is COc1cc(F)cc(CN2CN(c3ccc(-c4cn[nH]c4)cc3)N=C2CO)c1. The molecule has 144 valence electrons. The Morgan fingerprint density at radius 3 is 2.68 bits per heavy atom. The third-order valence-electron chi connectivity index (χ3n) is 4.58. The normalized spacial score (nSPS) is 13.8. The van der Waals surface area contributed by atoms with Gasteiger partial charge >= 0.3 is 0 Å². The number of hydrazone groups is 1. The lowest BCUT2D eigenvalue weighted by atomic mass is 10.1. The molecule has 0 unspecified atom stereocenters. The van der Waals surface area contributed by atoms with Gasteiger partial charge in [-0.1, -0.05) is 12.1 Å². The lowest BCUT2D eigenvalue weighted by molar-refractivity contribution is 0.327. The quantitative estimate of drug-likeness (QED) is 0.687. The van der Waals surface area contributed by atoms with Crippen molar-refractivity contribution in [3.63, 3.8) is 0 Å². The molecule has 0 amide bonds. The van der Waals surface area contributed by atoms with Crippen LogP contribution in [0, 0.1) is 5.82 Å². The molecule has 0 atom stereocenters. The standard InChI is InChI=1S/C20H20FN5O2/c1-28-19-7-14(6-17(21)8-19)11-25-13-26(24-20(25)12-27)18-4-2-15(3-5-18)16-9-22-23-10-16/h2-10,27H,11-13H2,1H3,(H,22,23). The fraction of sp³-hybridized carbons (Fsp3) is 0.200. The van der Waals surface area contributed by atoms with Gasteiger partial charge in [0.1, 0.15) is 24.8 Å². The van der Waals surface area contributed by atoms with Crippen LogP contribution in [0.2, 0.25) is 0 Å². The Labute approximate surface area is 161 Å². The summed E-state index contributed by atoms with van der Waals surface area (Å²) in [5.41, 5.74) is 3.70. The number of ether oxygens (including phenoxy) is 1. The van der Waals surface area contributed by atoms with Gasteiger partial charge in [0.05, 0.1) is 19.0 Å². The van der Waals surface area contributed by atoms with Crippen LogP contribution in [-0.4, -0.2) is 46.4 Å². The van der Waals surface area contributed by atoms with Gasteiger partial charge < -0.3 is 14.7 Å². The second-order valence-corrected chi connectivity index (χ2v) is 6.45. The molecule has 2 aromatic carbocycles. The predicted molar refractivity (Wildman–Crippen MR) is 104 cm³/mol. The highest BCUT2D eigenvalue weighted by molar-refractivity contribution is 5.86. The van der Waals surface area contributed by atoms with E-state index in [1.807, 2.05) is 35.4 Å². The summed E-state index contributed by atoms with van der Waals surface area (Å²) in [6, 6.07) is 12.5. The van der Waals surface area contributed by atoms with Crippen molar-refractivity contribution in [2.45, 2.75) is 6.54 Å². The second kappa shape index (κ2) is 7.69. The molecule has 1 aromatic heterocycles. The number of aliphatic hydroxyl groups excluding tert-OH is 1. The summed E-state index contributed by atoms with van der Waals surface area (Å²) >= 11 is 0. The van der Waals surface area contributed by atoms with Gasteiger partial charge in [0.25, 0.3) is 0 Å². The molecule has 8 heteroatoms. The van der Waals surface area contributed by atoms with Gasteiger partial charge in [0.15, 0.2) is 5.84 Å². The molecule has 1 aliphatic heterocycles. The van der Waals surface area contributed by atoms with E-state index in [-0.39, 0.29) is 12.4 Å². The Morgan fingerprint density at radius 2 is 2.00 bits per heavy atom. The fourth-order valence-electron chi connectivity index (χ4n) is 3.17. The second-order valence-electron chi connectivity index (χ2n) is 6.45. The summed E-state index contributed by atoms with van der Waals surface area (Å²) in [7, 11) is 1.50. The van der Waals surface area contributed by atoms with Crippen LogP contribution in [0.5, 0.6) is 5.75 Å². The van der Waals surface area contributed by atoms with Crippen LogP contribution >= 0.6 is 0 Å². The third-order valence-corrected chi connectivity index (χ3v) is 4.58. The molecule has 0 saturated carbocycles. The van der Waals surface area contributed by atoms with Crippen LogP contribution in [0.1, 0.15) is 5.56 Å². The lowest BCUT2D eigenvalue weighted by Crippen LogP contribution is -2.32. The molecule has 0 spiro atoms. The van der Waals surface area contributed by atoms with Crippen molar-refractivity contribution in [1.29, 1.82) is 0 Å². The summed E-state index contributed by atoms with van der Waals surface area (Å²) in [5, 5.41) is 22.8. The first-order valence-corrected chi connectivity index (χ1v) is 8.80. The van der Waals surface area contributed by atoms with Crippen LogP contribution in [0.25, 0.3) is 11.1 Å². The van der Waals surface area contributed by atoms with Crippen molar-refractivity contribution in [3.8, 4) is 16.9 Å². The monoisotopic (exact) mass is 381 g/mol. The van der Waals surface area contributed by atoms with Crippen LogP contribution in [0.4, 0.5) is 10.1 Å². The summed E-state index contributed by atoms with van der Waals surface area (Å²) in [4.78, 5) is 1.90. The average molecular weight is 381 g/mol. The molecule has 0 aliphatic carbocycles. The highest BCUT2D eigenvalue weighted by atomic mass is 19.1. The molecule has 4 rings (SSSR count). The molecule has 0 radical (unpaired) electrons. The van der Waals surface area contributed by atoms with Crippen LogP contribution in [-0.2, 0) is 6.54 Å². The maximum atomic E-state index is 13.8. The number of rotatable bonds is 6. The largest absolute Gasteiger partial charge is 0.497 e. The van der Waals surface area contributed by atoms with Crippen LogP contribution in [0.15, 0.2) is 60.0 Å². The number of aromatic nitrogens is 2. The van der Waals surface area contributed by atoms with E-state index in [0.717, 1.165) is 22.4 Å². The Kier molecular flexibility index (Phi) is 4.94. The first-order valence-electron chi connectivity index (χ1n) is 8.80. The van der Waals surface area contributed by atoms with E-state index in [4.69, 9.17) is 4.74 Å². The minimum absolute atomic E-state index is 0.198. The van der Waals surface area contributed by atoms with Crippen molar-refractivity contribution in [2.75, 3.05) is 25.4 Å². The molecule has 0 bridgehead atoms. The van der Waals surface area contributed by atoms with Gasteiger partial charge in [0, 0.05) is 24.4 Å². The number of aliphatic hydroxyl groups is 1. The van der Waals surface area contributed by atoms with Gasteiger partial charge in [-0.05, 0) is 35.4 Å². The van der Waals surface area contributed by atoms with Crippen molar-refractivity contribution < 1.29 is 14.2 Å². The van der Waals surface area contributed by atoms with E-state index in [9.17, 15) is 9.50 Å². The molecule has 0 saturated heterocycles. The third kappa shape index (κ3) is 3.67. The smallest absolute Gasteiger partial charge is 0.153 e. The van der Waals surface area contributed by atoms with Crippen molar-refractivity contribution in [1.82, 2.24) is 15.1 Å². The van der Waals surface area contributed by atoms with Crippen LogP contribution in [0.3, 0.4) is 0 Å². The maximum Gasteiger partial charge on any atom is 0.153 e.